The fourth-order valence-electron chi connectivity index (χ4n) is 3.50. The zero-order valence-corrected chi connectivity index (χ0v) is 16.7. The Hall–Kier alpha value is -2.87. The molecule has 1 aliphatic rings. The van der Waals surface area contributed by atoms with Gasteiger partial charge >= 0.3 is 0 Å². The van der Waals surface area contributed by atoms with Crippen LogP contribution in [0.4, 0.5) is 0 Å². The second-order valence-electron chi connectivity index (χ2n) is 6.76. The van der Waals surface area contributed by atoms with Crippen molar-refractivity contribution in [2.75, 3.05) is 26.7 Å². The molecule has 4 rings (SSSR count). The van der Waals surface area contributed by atoms with E-state index in [9.17, 15) is 9.59 Å². The van der Waals surface area contributed by atoms with Crippen molar-refractivity contribution in [3.63, 3.8) is 0 Å². The number of carbonyl (C=O) groups excluding carboxylic acids is 2. The lowest BCUT2D eigenvalue weighted by Crippen LogP contribution is -2.34. The molecule has 8 heteroatoms. The van der Waals surface area contributed by atoms with Gasteiger partial charge in [0.1, 0.15) is 11.4 Å². The Morgan fingerprint density at radius 2 is 2.25 bits per heavy atom. The van der Waals surface area contributed by atoms with Crippen LogP contribution in [-0.4, -0.2) is 52.8 Å². The lowest BCUT2D eigenvalue weighted by atomic mass is 10.1. The monoisotopic (exact) mass is 398 g/mol. The zero-order chi connectivity index (χ0) is 19.7. The molecule has 0 aliphatic carbocycles. The Morgan fingerprint density at radius 3 is 3.04 bits per heavy atom. The van der Waals surface area contributed by atoms with Gasteiger partial charge in [-0.2, -0.15) is 0 Å². The number of likely N-dealkylation sites (tertiary alicyclic amines) is 1. The SMILES string of the molecule is CCNC(=O)C1CCN(C(=O)c2csc3nc(-c4cccc(OC)c4)cn23)C1. The van der Waals surface area contributed by atoms with E-state index >= 15 is 0 Å². The van der Waals surface area contributed by atoms with Gasteiger partial charge in [0.05, 0.1) is 18.7 Å². The average molecular weight is 398 g/mol. The molecule has 1 fully saturated rings. The van der Waals surface area contributed by atoms with E-state index < -0.39 is 0 Å². The Labute approximate surface area is 166 Å². The minimum absolute atomic E-state index is 0.0243. The summed E-state index contributed by atoms with van der Waals surface area (Å²) in [6.07, 6.45) is 2.58. The molecule has 28 heavy (non-hydrogen) atoms. The largest absolute Gasteiger partial charge is 0.497 e. The van der Waals surface area contributed by atoms with Crippen LogP contribution in [0.2, 0.25) is 0 Å². The smallest absolute Gasteiger partial charge is 0.271 e. The number of hydrogen-bond donors (Lipinski definition) is 1. The van der Waals surface area contributed by atoms with Crippen LogP contribution in [0.25, 0.3) is 16.2 Å². The number of rotatable bonds is 5. The summed E-state index contributed by atoms with van der Waals surface area (Å²) in [5, 5.41) is 4.67. The maximum absolute atomic E-state index is 13.0. The molecule has 3 heterocycles. The van der Waals surface area contributed by atoms with Crippen LogP contribution >= 0.6 is 11.3 Å². The van der Waals surface area contributed by atoms with Crippen molar-refractivity contribution in [2.24, 2.45) is 5.92 Å². The number of imidazole rings is 1. The predicted octanol–water partition coefficient (Wildman–Crippen LogP) is 2.67. The van der Waals surface area contributed by atoms with Gasteiger partial charge in [0.25, 0.3) is 5.91 Å². The average Bonchev–Trinajstić information content (AvgIpc) is 3.43. The molecular formula is C20H22N4O3S. The van der Waals surface area contributed by atoms with E-state index in [2.05, 4.69) is 10.3 Å². The molecule has 2 aromatic heterocycles. The van der Waals surface area contributed by atoms with E-state index in [-0.39, 0.29) is 17.7 Å². The number of fused-ring (bicyclic) bond motifs is 1. The third kappa shape index (κ3) is 3.35. The molecule has 2 amide bonds. The third-order valence-electron chi connectivity index (χ3n) is 4.99. The summed E-state index contributed by atoms with van der Waals surface area (Å²) in [5.74, 6) is 0.593. The maximum atomic E-state index is 13.0. The van der Waals surface area contributed by atoms with Crippen LogP contribution in [0.1, 0.15) is 23.8 Å². The van der Waals surface area contributed by atoms with Gasteiger partial charge < -0.3 is 15.0 Å². The van der Waals surface area contributed by atoms with E-state index in [0.717, 1.165) is 22.0 Å². The Bertz CT molecular complexity index is 1030. The summed E-state index contributed by atoms with van der Waals surface area (Å²) in [6.45, 7) is 3.56. The molecule has 1 saturated heterocycles. The first-order chi connectivity index (χ1) is 13.6. The lowest BCUT2D eigenvalue weighted by molar-refractivity contribution is -0.124. The summed E-state index contributed by atoms with van der Waals surface area (Å²) >= 11 is 1.44. The number of carbonyl (C=O) groups is 2. The van der Waals surface area contributed by atoms with Crippen LogP contribution in [0.15, 0.2) is 35.8 Å². The first-order valence-corrected chi connectivity index (χ1v) is 10.2. The van der Waals surface area contributed by atoms with Crippen LogP contribution in [0.3, 0.4) is 0 Å². The number of hydrogen-bond acceptors (Lipinski definition) is 5. The van der Waals surface area contributed by atoms with Gasteiger partial charge in [-0.3, -0.25) is 14.0 Å². The predicted molar refractivity (Wildman–Crippen MR) is 108 cm³/mol. The molecule has 1 atom stereocenters. The van der Waals surface area contributed by atoms with E-state index in [1.807, 2.05) is 47.2 Å². The summed E-state index contributed by atoms with van der Waals surface area (Å²) in [6, 6.07) is 7.69. The summed E-state index contributed by atoms with van der Waals surface area (Å²) < 4.78 is 7.12. The number of amides is 2. The fourth-order valence-corrected chi connectivity index (χ4v) is 4.35. The molecule has 0 saturated carbocycles. The number of methoxy groups -OCH3 is 1. The van der Waals surface area contributed by atoms with Gasteiger partial charge in [0, 0.05) is 36.8 Å². The van der Waals surface area contributed by atoms with Crippen molar-refractivity contribution in [1.29, 1.82) is 0 Å². The first kappa shape index (κ1) is 18.5. The van der Waals surface area contributed by atoms with Crippen molar-refractivity contribution < 1.29 is 14.3 Å². The molecule has 1 N–H and O–H groups in total. The number of nitrogens with zero attached hydrogens (tertiary/aromatic N) is 3. The van der Waals surface area contributed by atoms with Gasteiger partial charge in [-0.15, -0.1) is 11.3 Å². The number of thiazole rings is 1. The molecule has 0 spiro atoms. The topological polar surface area (TPSA) is 75.9 Å². The van der Waals surface area contributed by atoms with Gasteiger partial charge in [0.2, 0.25) is 5.91 Å². The van der Waals surface area contributed by atoms with Crippen molar-refractivity contribution in [3.8, 4) is 17.0 Å². The van der Waals surface area contributed by atoms with E-state index in [1.165, 1.54) is 11.3 Å². The van der Waals surface area contributed by atoms with E-state index in [4.69, 9.17) is 4.74 Å². The molecule has 3 aromatic rings. The van der Waals surface area contributed by atoms with Crippen molar-refractivity contribution in [1.82, 2.24) is 19.6 Å². The highest BCUT2D eigenvalue weighted by atomic mass is 32.1. The first-order valence-electron chi connectivity index (χ1n) is 9.28. The van der Waals surface area contributed by atoms with E-state index in [1.54, 1.807) is 12.0 Å². The second-order valence-corrected chi connectivity index (χ2v) is 7.60. The molecule has 0 radical (unpaired) electrons. The summed E-state index contributed by atoms with van der Waals surface area (Å²) in [4.78, 5) is 32.2. The number of nitrogens with one attached hydrogen (secondary N) is 1. The molecule has 1 aliphatic heterocycles. The second kappa shape index (κ2) is 7.63. The number of benzene rings is 1. The van der Waals surface area contributed by atoms with Gasteiger partial charge in [-0.05, 0) is 25.5 Å². The van der Waals surface area contributed by atoms with Gasteiger partial charge in [0.15, 0.2) is 4.96 Å². The van der Waals surface area contributed by atoms with Crippen molar-refractivity contribution in [2.45, 2.75) is 13.3 Å². The van der Waals surface area contributed by atoms with E-state index in [0.29, 0.717) is 31.7 Å². The highest BCUT2D eigenvalue weighted by molar-refractivity contribution is 7.15. The molecule has 146 valence electrons. The number of aromatic nitrogens is 2. The van der Waals surface area contributed by atoms with Gasteiger partial charge in [-0.25, -0.2) is 4.98 Å². The van der Waals surface area contributed by atoms with Crippen molar-refractivity contribution >= 4 is 28.1 Å². The van der Waals surface area contributed by atoms with Crippen LogP contribution < -0.4 is 10.1 Å². The molecule has 1 unspecified atom stereocenters. The molecule has 7 nitrogen and oxygen atoms in total. The van der Waals surface area contributed by atoms with Crippen LogP contribution in [-0.2, 0) is 4.79 Å². The standard InChI is InChI=1S/C20H22N4O3S/c1-3-21-18(25)14-7-8-23(10-14)19(26)17-12-28-20-22-16(11-24(17)20)13-5-4-6-15(9-13)27-2/h4-6,9,11-12,14H,3,7-8,10H2,1-2H3,(H,21,25). The Balaban J connectivity index is 1.57. The lowest BCUT2D eigenvalue weighted by Gasteiger charge is -2.15. The van der Waals surface area contributed by atoms with Crippen LogP contribution in [0.5, 0.6) is 5.75 Å². The normalized spacial score (nSPS) is 16.5. The Kier molecular flexibility index (Phi) is 5.04. The molecule has 1 aromatic carbocycles. The minimum Gasteiger partial charge on any atom is -0.497 e. The third-order valence-corrected chi connectivity index (χ3v) is 5.83. The quantitative estimate of drug-likeness (QED) is 0.717. The molecule has 0 bridgehead atoms. The number of ether oxygens (including phenoxy) is 1. The fraction of sp³-hybridized carbons (Fsp3) is 0.350. The summed E-state index contributed by atoms with van der Waals surface area (Å²) in [5.41, 5.74) is 2.31. The van der Waals surface area contributed by atoms with Crippen molar-refractivity contribution in [3.05, 3.63) is 41.5 Å². The highest BCUT2D eigenvalue weighted by Crippen LogP contribution is 2.27. The van der Waals surface area contributed by atoms with Crippen LogP contribution in [0, 0.1) is 5.92 Å². The molecular weight excluding hydrogens is 376 g/mol. The summed E-state index contributed by atoms with van der Waals surface area (Å²) in [7, 11) is 1.63. The van der Waals surface area contributed by atoms with Gasteiger partial charge in [-0.1, -0.05) is 12.1 Å². The zero-order valence-electron chi connectivity index (χ0n) is 15.8. The minimum atomic E-state index is -0.131. The highest BCUT2D eigenvalue weighted by Gasteiger charge is 2.32. The maximum Gasteiger partial charge on any atom is 0.271 e. The Morgan fingerprint density at radius 1 is 1.39 bits per heavy atom.